The molecule has 0 fully saturated rings. The molecule has 0 saturated carbocycles. The fraction of sp³-hybridized carbons (Fsp3) is 0. The van der Waals surface area contributed by atoms with Crippen LogP contribution in [0.3, 0.4) is 0 Å². The lowest BCUT2D eigenvalue weighted by Gasteiger charge is -2.06. The molecule has 3 aromatic rings. The van der Waals surface area contributed by atoms with Crippen LogP contribution >= 0.6 is 0 Å². The van der Waals surface area contributed by atoms with Crippen LogP contribution in [-0.2, 0) is 0 Å². The molecule has 0 aliphatic heterocycles. The van der Waals surface area contributed by atoms with Gasteiger partial charge >= 0.3 is 17.6 Å². The number of hydrogen-bond acceptors (Lipinski definition) is 3. The van der Waals surface area contributed by atoms with Crippen LogP contribution in [0.15, 0.2) is 53.3 Å². The maximum absolute atomic E-state index is 11.8. The summed E-state index contributed by atoms with van der Waals surface area (Å²) in [5, 5.41) is 18.2. The predicted molar refractivity (Wildman–Crippen MR) is 86.2 cm³/mol. The summed E-state index contributed by atoms with van der Waals surface area (Å²) in [4.78, 5) is 39.2. The molecule has 24 heavy (non-hydrogen) atoms. The molecule has 2 aromatic carbocycles. The number of rotatable bonds is 4. The number of nitrogens with one attached hydrogen (secondary N) is 2. The van der Waals surface area contributed by atoms with E-state index in [0.29, 0.717) is 22.5 Å². The molecule has 7 nitrogen and oxygen atoms in total. The zero-order chi connectivity index (χ0) is 17.3. The summed E-state index contributed by atoms with van der Waals surface area (Å²) < 4.78 is 0. The Balaban J connectivity index is 2.17. The van der Waals surface area contributed by atoms with Crippen molar-refractivity contribution in [2.24, 2.45) is 0 Å². The number of carbonyl (C=O) groups is 2. The second-order valence-electron chi connectivity index (χ2n) is 5.10. The minimum atomic E-state index is -1.08. The summed E-state index contributed by atoms with van der Waals surface area (Å²) in [5.74, 6) is -2.16. The van der Waals surface area contributed by atoms with Crippen molar-refractivity contribution in [1.82, 2.24) is 9.97 Å². The molecule has 0 unspecified atom stereocenters. The molecular weight excluding hydrogens is 312 g/mol. The fourth-order valence-electron chi connectivity index (χ4n) is 2.43. The Morgan fingerprint density at radius 2 is 1.17 bits per heavy atom. The number of imidazole rings is 1. The number of aromatic nitrogens is 2. The summed E-state index contributed by atoms with van der Waals surface area (Å²) in [6, 6.07) is 12.2. The first-order valence-electron chi connectivity index (χ1n) is 6.95. The lowest BCUT2D eigenvalue weighted by molar-refractivity contribution is 0.0686. The van der Waals surface area contributed by atoms with Gasteiger partial charge in [0.05, 0.1) is 22.5 Å². The van der Waals surface area contributed by atoms with Crippen LogP contribution in [0.4, 0.5) is 0 Å². The first-order chi connectivity index (χ1) is 11.5. The summed E-state index contributed by atoms with van der Waals surface area (Å²) in [5.41, 5.74) is 1.49. The van der Waals surface area contributed by atoms with Gasteiger partial charge in [-0.15, -0.1) is 0 Å². The third-order valence-corrected chi connectivity index (χ3v) is 3.52. The number of hydrogen-bond donors (Lipinski definition) is 4. The molecule has 7 heteroatoms. The van der Waals surface area contributed by atoms with Crippen molar-refractivity contribution in [3.8, 4) is 22.5 Å². The Labute approximate surface area is 135 Å². The molecule has 0 bridgehead atoms. The second kappa shape index (κ2) is 5.88. The molecule has 120 valence electrons. The highest BCUT2D eigenvalue weighted by molar-refractivity contribution is 5.92. The quantitative estimate of drug-likeness (QED) is 0.587. The number of H-pyrrole nitrogens is 2. The number of carboxylic acid groups (broad SMARTS) is 2. The number of benzene rings is 2. The van der Waals surface area contributed by atoms with Crippen LogP contribution in [0.2, 0.25) is 0 Å². The van der Waals surface area contributed by atoms with Crippen molar-refractivity contribution in [2.75, 3.05) is 0 Å². The normalized spacial score (nSPS) is 10.5. The topological polar surface area (TPSA) is 123 Å². The van der Waals surface area contributed by atoms with Crippen LogP contribution in [0.1, 0.15) is 20.7 Å². The highest BCUT2D eigenvalue weighted by Gasteiger charge is 2.14. The Hall–Kier alpha value is -3.61. The van der Waals surface area contributed by atoms with Gasteiger partial charge in [-0.2, -0.15) is 0 Å². The average molecular weight is 324 g/mol. The van der Waals surface area contributed by atoms with E-state index in [0.717, 1.165) is 0 Å². The smallest absolute Gasteiger partial charge is 0.335 e. The van der Waals surface area contributed by atoms with Crippen molar-refractivity contribution < 1.29 is 19.8 Å². The second-order valence-corrected chi connectivity index (χ2v) is 5.10. The number of carboxylic acids is 2. The van der Waals surface area contributed by atoms with Gasteiger partial charge in [0.2, 0.25) is 0 Å². The van der Waals surface area contributed by atoms with E-state index >= 15 is 0 Å². The SMILES string of the molecule is O=C(O)c1cccc(-c2[nH]c(=O)[nH]c2-c2cccc(C(=O)O)c2)c1. The third-order valence-electron chi connectivity index (χ3n) is 3.52. The highest BCUT2D eigenvalue weighted by Crippen LogP contribution is 2.29. The van der Waals surface area contributed by atoms with E-state index in [1.807, 2.05) is 0 Å². The first-order valence-corrected chi connectivity index (χ1v) is 6.95. The molecule has 1 heterocycles. The van der Waals surface area contributed by atoms with Gasteiger partial charge in [-0.3, -0.25) is 0 Å². The van der Waals surface area contributed by atoms with E-state index in [-0.39, 0.29) is 11.1 Å². The van der Waals surface area contributed by atoms with Gasteiger partial charge in [0.15, 0.2) is 0 Å². The Kier molecular flexibility index (Phi) is 3.75. The van der Waals surface area contributed by atoms with Crippen LogP contribution in [-0.4, -0.2) is 32.1 Å². The van der Waals surface area contributed by atoms with Gasteiger partial charge < -0.3 is 20.2 Å². The van der Waals surface area contributed by atoms with Crippen molar-refractivity contribution >= 4 is 11.9 Å². The van der Waals surface area contributed by atoms with E-state index in [1.54, 1.807) is 24.3 Å². The monoisotopic (exact) mass is 324 g/mol. The van der Waals surface area contributed by atoms with Crippen molar-refractivity contribution in [3.63, 3.8) is 0 Å². The van der Waals surface area contributed by atoms with Crippen LogP contribution in [0.5, 0.6) is 0 Å². The molecular formula is C17H12N2O5. The highest BCUT2D eigenvalue weighted by atomic mass is 16.4. The van der Waals surface area contributed by atoms with Crippen molar-refractivity contribution in [3.05, 3.63) is 70.1 Å². The molecule has 0 spiro atoms. The standard InChI is InChI=1S/C17H12N2O5/c20-15(21)11-5-1-3-9(7-11)13-14(19-17(24)18-13)10-4-2-6-12(8-10)16(22)23/h1-8H,(H,20,21)(H,22,23)(H2,18,19,24). The fourth-order valence-corrected chi connectivity index (χ4v) is 2.43. The van der Waals surface area contributed by atoms with E-state index in [1.165, 1.54) is 24.3 Å². The third kappa shape index (κ3) is 2.82. The minimum absolute atomic E-state index is 0.0831. The molecule has 0 amide bonds. The first kappa shape index (κ1) is 15.3. The summed E-state index contributed by atoms with van der Waals surface area (Å²) in [7, 11) is 0. The Morgan fingerprint density at radius 3 is 1.54 bits per heavy atom. The molecule has 1 aromatic heterocycles. The van der Waals surface area contributed by atoms with Gasteiger partial charge in [0.25, 0.3) is 0 Å². The largest absolute Gasteiger partial charge is 0.478 e. The zero-order valence-corrected chi connectivity index (χ0v) is 12.2. The van der Waals surface area contributed by atoms with Crippen LogP contribution < -0.4 is 5.69 Å². The number of aromatic carboxylic acids is 2. The molecule has 3 rings (SSSR count). The van der Waals surface area contributed by atoms with Gasteiger partial charge in [-0.25, -0.2) is 14.4 Å². The predicted octanol–water partition coefficient (Wildman–Crippen LogP) is 2.43. The lowest BCUT2D eigenvalue weighted by Crippen LogP contribution is -2.01. The average Bonchev–Trinajstić information content (AvgIpc) is 2.97. The maximum atomic E-state index is 11.8. The maximum Gasteiger partial charge on any atom is 0.335 e. The molecule has 0 saturated heterocycles. The van der Waals surface area contributed by atoms with E-state index in [2.05, 4.69) is 9.97 Å². The van der Waals surface area contributed by atoms with Crippen molar-refractivity contribution in [2.45, 2.75) is 0 Å². The van der Waals surface area contributed by atoms with Gasteiger partial charge in [0.1, 0.15) is 0 Å². The molecule has 0 aliphatic rings. The van der Waals surface area contributed by atoms with Gasteiger partial charge in [-0.1, -0.05) is 24.3 Å². The van der Waals surface area contributed by atoms with E-state index in [4.69, 9.17) is 10.2 Å². The van der Waals surface area contributed by atoms with Gasteiger partial charge in [-0.05, 0) is 24.3 Å². The van der Waals surface area contributed by atoms with Crippen LogP contribution in [0, 0.1) is 0 Å². The Bertz CT molecular complexity index is 922. The summed E-state index contributed by atoms with van der Waals surface area (Å²) >= 11 is 0. The molecule has 0 radical (unpaired) electrons. The zero-order valence-electron chi connectivity index (χ0n) is 12.2. The summed E-state index contributed by atoms with van der Waals surface area (Å²) in [6.07, 6.45) is 0. The van der Waals surface area contributed by atoms with Crippen LogP contribution in [0.25, 0.3) is 22.5 Å². The van der Waals surface area contributed by atoms with Crippen molar-refractivity contribution in [1.29, 1.82) is 0 Å². The Morgan fingerprint density at radius 1 is 0.750 bits per heavy atom. The molecule has 4 N–H and O–H groups in total. The minimum Gasteiger partial charge on any atom is -0.478 e. The molecule has 0 atom stereocenters. The summed E-state index contributed by atoms with van der Waals surface area (Å²) in [6.45, 7) is 0. The van der Waals surface area contributed by atoms with E-state index in [9.17, 15) is 14.4 Å². The lowest BCUT2D eigenvalue weighted by atomic mass is 10.0. The van der Waals surface area contributed by atoms with E-state index < -0.39 is 17.6 Å². The number of aromatic amines is 2. The molecule has 0 aliphatic carbocycles. The van der Waals surface area contributed by atoms with Gasteiger partial charge in [0, 0.05) is 11.1 Å².